The van der Waals surface area contributed by atoms with Crippen molar-refractivity contribution in [2.75, 3.05) is 7.11 Å². The van der Waals surface area contributed by atoms with Crippen molar-refractivity contribution in [3.05, 3.63) is 65.6 Å². The van der Waals surface area contributed by atoms with Crippen LogP contribution < -0.4 is 10.2 Å². The van der Waals surface area contributed by atoms with E-state index >= 15 is 0 Å². The van der Waals surface area contributed by atoms with Crippen molar-refractivity contribution in [3.63, 3.8) is 0 Å². The third-order valence-corrected chi connectivity index (χ3v) is 6.10. The minimum Gasteiger partial charge on any atom is -0.494 e. The number of alkyl halides is 3. The Hall–Kier alpha value is -3.47. The van der Waals surface area contributed by atoms with Crippen molar-refractivity contribution in [3.8, 4) is 11.6 Å². The molecular weight excluding hydrogens is 437 g/mol. The highest BCUT2D eigenvalue weighted by Gasteiger charge is 2.46. The molecule has 2 aromatic heterocycles. The van der Waals surface area contributed by atoms with Crippen LogP contribution in [0.25, 0.3) is 11.5 Å². The van der Waals surface area contributed by atoms with Gasteiger partial charge in [-0.1, -0.05) is 43.2 Å². The number of hydrogen-bond donors (Lipinski definition) is 1. The number of methoxy groups -OCH3 is 1. The number of benzene rings is 1. The molecule has 11 heteroatoms. The fraction of sp³-hybridized carbons (Fsp3) is 0.364. The normalized spacial score (nSPS) is 22.8. The van der Waals surface area contributed by atoms with E-state index in [4.69, 9.17) is 9.57 Å². The molecule has 2 aliphatic rings. The Morgan fingerprint density at radius 3 is 2.73 bits per heavy atom. The summed E-state index contributed by atoms with van der Waals surface area (Å²) in [7, 11) is 1.47. The zero-order valence-electron chi connectivity index (χ0n) is 17.7. The van der Waals surface area contributed by atoms with Crippen LogP contribution in [0.2, 0.25) is 0 Å². The fourth-order valence-corrected chi connectivity index (χ4v) is 4.60. The van der Waals surface area contributed by atoms with Crippen molar-refractivity contribution in [2.24, 2.45) is 0 Å². The molecule has 1 fully saturated rings. The lowest BCUT2D eigenvalue weighted by atomic mass is 9.72. The van der Waals surface area contributed by atoms with Crippen LogP contribution in [0.15, 0.2) is 48.5 Å². The molecule has 0 saturated heterocycles. The van der Waals surface area contributed by atoms with E-state index in [1.165, 1.54) is 24.8 Å². The van der Waals surface area contributed by atoms with Crippen LogP contribution in [-0.2, 0) is 11.0 Å². The van der Waals surface area contributed by atoms with Gasteiger partial charge in [0.05, 0.1) is 12.8 Å². The monoisotopic (exact) mass is 458 g/mol. The van der Waals surface area contributed by atoms with Crippen LogP contribution >= 0.6 is 0 Å². The number of hydroxylamine groups is 1. The molecule has 1 saturated carbocycles. The SMILES string of the molecule is COc1ccc(-n2nnnc2C(F)(F)F)nc1C1=C[C@]2(CCCC[C@H]2c2ccccc2)ON1. The number of halogens is 3. The Morgan fingerprint density at radius 2 is 1.97 bits per heavy atom. The van der Waals surface area contributed by atoms with E-state index in [1.807, 2.05) is 24.3 Å². The molecule has 1 N–H and O–H groups in total. The molecule has 0 radical (unpaired) electrons. The number of hydrogen-bond acceptors (Lipinski definition) is 7. The lowest BCUT2D eigenvalue weighted by molar-refractivity contribution is -0.146. The lowest BCUT2D eigenvalue weighted by Gasteiger charge is -2.38. The molecule has 172 valence electrons. The van der Waals surface area contributed by atoms with Gasteiger partial charge in [0.15, 0.2) is 5.82 Å². The van der Waals surface area contributed by atoms with Gasteiger partial charge in [0.1, 0.15) is 17.0 Å². The maximum absolute atomic E-state index is 13.3. The van der Waals surface area contributed by atoms with Crippen molar-refractivity contribution in [1.29, 1.82) is 0 Å². The third-order valence-electron chi connectivity index (χ3n) is 6.10. The van der Waals surface area contributed by atoms with E-state index in [-0.39, 0.29) is 11.7 Å². The van der Waals surface area contributed by atoms with E-state index in [0.717, 1.165) is 25.7 Å². The Morgan fingerprint density at radius 1 is 1.15 bits per heavy atom. The van der Waals surface area contributed by atoms with Crippen molar-refractivity contribution < 1.29 is 22.7 Å². The first-order valence-electron chi connectivity index (χ1n) is 10.5. The summed E-state index contributed by atoms with van der Waals surface area (Å²) in [5.74, 6) is -0.839. The zero-order valence-corrected chi connectivity index (χ0v) is 17.7. The van der Waals surface area contributed by atoms with Crippen LogP contribution in [0, 0.1) is 0 Å². The molecule has 0 amide bonds. The second kappa shape index (κ2) is 8.14. The van der Waals surface area contributed by atoms with Gasteiger partial charge in [0.2, 0.25) is 0 Å². The quantitative estimate of drug-likeness (QED) is 0.631. The van der Waals surface area contributed by atoms with Gasteiger partial charge in [-0.05, 0) is 47.0 Å². The van der Waals surface area contributed by atoms with Crippen LogP contribution in [0.5, 0.6) is 5.75 Å². The maximum atomic E-state index is 13.3. The zero-order chi connectivity index (χ0) is 23.1. The van der Waals surface area contributed by atoms with Gasteiger partial charge in [-0.3, -0.25) is 10.3 Å². The van der Waals surface area contributed by atoms with E-state index in [0.29, 0.717) is 21.8 Å². The number of nitrogens with one attached hydrogen (secondary N) is 1. The smallest absolute Gasteiger partial charge is 0.453 e. The summed E-state index contributed by atoms with van der Waals surface area (Å²) in [6, 6.07) is 13.1. The highest BCUT2D eigenvalue weighted by Crippen LogP contribution is 2.47. The summed E-state index contributed by atoms with van der Waals surface area (Å²) in [4.78, 5) is 10.6. The van der Waals surface area contributed by atoms with Gasteiger partial charge in [0.25, 0.3) is 5.82 Å². The van der Waals surface area contributed by atoms with Gasteiger partial charge in [-0.2, -0.15) is 17.9 Å². The number of rotatable bonds is 4. The van der Waals surface area contributed by atoms with E-state index in [2.05, 4.69) is 38.1 Å². The number of nitrogens with zero attached hydrogens (tertiary/aromatic N) is 5. The molecule has 2 atom stereocenters. The highest BCUT2D eigenvalue weighted by atomic mass is 19.4. The first-order chi connectivity index (χ1) is 15.9. The van der Waals surface area contributed by atoms with Gasteiger partial charge < -0.3 is 4.74 Å². The first kappa shape index (κ1) is 21.4. The second-order valence-electron chi connectivity index (χ2n) is 8.06. The number of ether oxygens (including phenoxy) is 1. The number of pyridine rings is 1. The van der Waals surface area contributed by atoms with Crippen molar-refractivity contribution in [1.82, 2.24) is 30.7 Å². The maximum Gasteiger partial charge on any atom is 0.453 e. The summed E-state index contributed by atoms with van der Waals surface area (Å²) >= 11 is 0. The highest BCUT2D eigenvalue weighted by molar-refractivity contribution is 5.69. The minimum atomic E-state index is -4.73. The Labute approximate surface area is 187 Å². The Bertz CT molecular complexity index is 1180. The van der Waals surface area contributed by atoms with E-state index in [9.17, 15) is 13.2 Å². The van der Waals surface area contributed by atoms with Crippen molar-refractivity contribution >= 4 is 5.70 Å². The largest absolute Gasteiger partial charge is 0.494 e. The third kappa shape index (κ3) is 3.82. The summed E-state index contributed by atoms with van der Waals surface area (Å²) in [6.45, 7) is 0. The predicted molar refractivity (Wildman–Crippen MR) is 111 cm³/mol. The Kier molecular flexibility index (Phi) is 5.28. The summed E-state index contributed by atoms with van der Waals surface area (Å²) < 4.78 is 45.9. The van der Waals surface area contributed by atoms with Gasteiger partial charge >= 0.3 is 6.18 Å². The lowest BCUT2D eigenvalue weighted by Crippen LogP contribution is -2.39. The molecule has 8 nitrogen and oxygen atoms in total. The van der Waals surface area contributed by atoms with Gasteiger partial charge in [-0.15, -0.1) is 5.10 Å². The molecule has 5 rings (SSSR count). The fourth-order valence-electron chi connectivity index (χ4n) is 4.60. The number of aromatic nitrogens is 5. The van der Waals surface area contributed by atoms with Gasteiger partial charge in [-0.25, -0.2) is 4.98 Å². The summed E-state index contributed by atoms with van der Waals surface area (Å²) in [5.41, 5.74) is 4.38. The molecule has 3 heterocycles. The summed E-state index contributed by atoms with van der Waals surface area (Å²) in [5, 5.41) is 9.73. The van der Waals surface area contributed by atoms with E-state index in [1.54, 1.807) is 0 Å². The first-order valence-corrected chi connectivity index (χ1v) is 10.5. The molecule has 1 aromatic carbocycles. The molecular formula is C22H21F3N6O2. The molecule has 33 heavy (non-hydrogen) atoms. The standard InChI is InChI=1S/C22H21F3N6O2/c1-32-17-10-11-18(31-20(22(23,24)25)27-29-30-31)26-19(17)16-13-21(33-28-16)12-6-5-9-15(21)14-7-3-2-4-8-14/h2-4,7-8,10-11,13,15,28H,5-6,9,12H2,1H3/t15-,21-/m0/s1. The molecule has 0 bridgehead atoms. The van der Waals surface area contributed by atoms with Crippen molar-refractivity contribution in [2.45, 2.75) is 43.4 Å². The van der Waals surface area contributed by atoms with Crippen LogP contribution in [0.4, 0.5) is 13.2 Å². The minimum absolute atomic E-state index is 0.0879. The molecule has 0 unspecified atom stereocenters. The molecule has 1 aliphatic carbocycles. The topological polar surface area (TPSA) is 87.0 Å². The Balaban J connectivity index is 1.56. The average Bonchev–Trinajstić information content (AvgIpc) is 3.48. The molecule has 3 aromatic rings. The molecule has 1 spiro atoms. The average molecular weight is 458 g/mol. The van der Waals surface area contributed by atoms with Crippen LogP contribution in [0.1, 0.15) is 48.7 Å². The predicted octanol–water partition coefficient (Wildman–Crippen LogP) is 4.06. The second-order valence-corrected chi connectivity index (χ2v) is 8.06. The number of tetrazole rings is 1. The summed E-state index contributed by atoms with van der Waals surface area (Å²) in [6.07, 6.45) is 1.09. The molecule has 1 aliphatic heterocycles. The van der Waals surface area contributed by atoms with Gasteiger partial charge in [0, 0.05) is 5.92 Å². The van der Waals surface area contributed by atoms with E-state index < -0.39 is 17.6 Å². The van der Waals surface area contributed by atoms with Crippen LogP contribution in [-0.4, -0.2) is 37.9 Å². The van der Waals surface area contributed by atoms with Crippen LogP contribution in [0.3, 0.4) is 0 Å².